The number of rotatable bonds is 4. The monoisotopic (exact) mass is 383 g/mol. The fourth-order valence-electron chi connectivity index (χ4n) is 1.25. The second kappa shape index (κ2) is 7.37. The lowest BCUT2D eigenvalue weighted by atomic mass is 10.2. The molecule has 0 aliphatic rings. The van der Waals surface area contributed by atoms with Gasteiger partial charge in [-0.15, -0.1) is 0 Å². The first-order valence-electron chi connectivity index (χ1n) is 5.29. The minimum atomic E-state index is -0.970. The molecule has 0 bridgehead atoms. The maximum Gasteiger partial charge on any atom is 0.354 e. The Labute approximate surface area is 132 Å². The molecule has 0 atom stereocenters. The van der Waals surface area contributed by atoms with Crippen LogP contribution in [0.2, 0.25) is 5.02 Å². The molecule has 0 heterocycles. The normalized spacial score (nSPS) is 11.0. The highest BCUT2D eigenvalue weighted by atomic mass is 79.9. The third-order valence-electron chi connectivity index (χ3n) is 2.24. The average molecular weight is 385 g/mol. The predicted octanol–water partition coefficient (Wildman–Crippen LogP) is 3.02. The summed E-state index contributed by atoms with van der Waals surface area (Å²) in [6.45, 7) is 0. The molecule has 21 heavy (non-hydrogen) atoms. The van der Waals surface area contributed by atoms with Crippen LogP contribution in [-0.4, -0.2) is 26.2 Å². The van der Waals surface area contributed by atoms with Crippen molar-refractivity contribution in [1.29, 1.82) is 0 Å². The second-order valence-electron chi connectivity index (χ2n) is 3.54. The second-order valence-corrected chi connectivity index (χ2v) is 4.74. The molecule has 1 N–H and O–H groups in total. The van der Waals surface area contributed by atoms with Crippen LogP contribution in [0.5, 0.6) is 0 Å². The summed E-state index contributed by atoms with van der Waals surface area (Å²) in [5.74, 6) is -3.72. The first kappa shape index (κ1) is 17.4. The largest absolute Gasteiger partial charge is 0.466 e. The van der Waals surface area contributed by atoms with Gasteiger partial charge in [0.15, 0.2) is 5.82 Å². The Morgan fingerprint density at radius 1 is 1.33 bits per heavy atom. The van der Waals surface area contributed by atoms with Gasteiger partial charge in [-0.25, -0.2) is 18.4 Å². The first-order chi connectivity index (χ1) is 9.81. The molecule has 0 spiro atoms. The van der Waals surface area contributed by atoms with E-state index in [1.54, 1.807) is 0 Å². The summed E-state index contributed by atoms with van der Waals surface area (Å²) in [4.78, 5) is 22.7. The maximum atomic E-state index is 13.8. The molecular weight excluding hydrogens is 375 g/mol. The van der Waals surface area contributed by atoms with Crippen molar-refractivity contribution in [2.75, 3.05) is 19.5 Å². The van der Waals surface area contributed by atoms with Crippen LogP contribution < -0.4 is 5.32 Å². The summed E-state index contributed by atoms with van der Waals surface area (Å²) in [5, 5.41) is 1.82. The van der Waals surface area contributed by atoms with Gasteiger partial charge in [0.25, 0.3) is 0 Å². The highest BCUT2D eigenvalue weighted by molar-refractivity contribution is 9.10. The van der Waals surface area contributed by atoms with Crippen molar-refractivity contribution in [1.82, 2.24) is 0 Å². The van der Waals surface area contributed by atoms with Crippen LogP contribution in [0.15, 0.2) is 22.3 Å². The third-order valence-corrected chi connectivity index (χ3v) is 3.26. The number of benzene rings is 1. The molecule has 0 saturated heterocycles. The number of hydrogen-bond donors (Lipinski definition) is 1. The Balaban J connectivity index is 3.28. The fourth-order valence-corrected chi connectivity index (χ4v) is 2.05. The molecule has 0 radical (unpaired) electrons. The van der Waals surface area contributed by atoms with E-state index in [-0.39, 0.29) is 4.47 Å². The van der Waals surface area contributed by atoms with E-state index in [2.05, 4.69) is 30.7 Å². The molecule has 0 amide bonds. The molecule has 1 aromatic rings. The number of hydrogen-bond acceptors (Lipinski definition) is 5. The molecule has 0 fully saturated rings. The van der Waals surface area contributed by atoms with Gasteiger partial charge in [-0.1, -0.05) is 11.6 Å². The summed E-state index contributed by atoms with van der Waals surface area (Å²) >= 11 is 8.28. The lowest BCUT2D eigenvalue weighted by molar-refractivity contribution is -0.138. The summed E-state index contributed by atoms with van der Waals surface area (Å²) in [7, 11) is 2.15. The van der Waals surface area contributed by atoms with Gasteiger partial charge in [0.2, 0.25) is 0 Å². The number of carbonyl (C=O) groups is 2. The van der Waals surface area contributed by atoms with Crippen molar-refractivity contribution in [3.05, 3.63) is 39.0 Å². The Hall–Kier alpha value is -1.67. The number of carbonyl (C=O) groups excluding carboxylic acids is 2. The highest BCUT2D eigenvalue weighted by Crippen LogP contribution is 2.34. The molecule has 0 unspecified atom stereocenters. The van der Waals surface area contributed by atoms with Crippen LogP contribution in [-0.2, 0) is 19.1 Å². The molecule has 0 aliphatic carbocycles. The molecule has 5 nitrogen and oxygen atoms in total. The SMILES string of the molecule is COC(=O)/C=C(/Nc1c(F)cc(Cl)c(F)c1Br)C(=O)OC. The molecule has 0 aromatic heterocycles. The number of esters is 2. The standard InChI is InChI=1S/C12H9BrClF2NO4/c1-20-8(18)4-7(12(19)21-2)17-11-6(15)3-5(14)10(16)9(11)13/h3-4,17H,1-2H3/b7-4+. The van der Waals surface area contributed by atoms with Crippen molar-refractivity contribution >= 4 is 45.2 Å². The Bertz CT molecular complexity index is 622. The number of anilines is 1. The van der Waals surface area contributed by atoms with Crippen LogP contribution in [0, 0.1) is 11.6 Å². The number of nitrogens with one attached hydrogen (secondary N) is 1. The van der Waals surface area contributed by atoms with Gasteiger partial charge < -0.3 is 14.8 Å². The van der Waals surface area contributed by atoms with Gasteiger partial charge >= 0.3 is 11.9 Å². The summed E-state index contributed by atoms with van der Waals surface area (Å²) in [6, 6.07) is 0.719. The quantitative estimate of drug-likeness (QED) is 0.374. The Morgan fingerprint density at radius 2 is 1.95 bits per heavy atom. The predicted molar refractivity (Wildman–Crippen MR) is 74.8 cm³/mol. The summed E-state index contributed by atoms with van der Waals surface area (Å²) in [6.07, 6.45) is 0.740. The number of methoxy groups -OCH3 is 2. The van der Waals surface area contributed by atoms with Crippen molar-refractivity contribution in [3.8, 4) is 0 Å². The van der Waals surface area contributed by atoms with Crippen LogP contribution in [0.1, 0.15) is 0 Å². The van der Waals surface area contributed by atoms with Crippen LogP contribution in [0.3, 0.4) is 0 Å². The molecule has 0 saturated carbocycles. The van der Waals surface area contributed by atoms with Crippen molar-refractivity contribution < 1.29 is 27.8 Å². The Morgan fingerprint density at radius 3 is 2.48 bits per heavy atom. The van der Waals surface area contributed by atoms with Gasteiger partial charge in [-0.3, -0.25) is 0 Å². The molecule has 0 aliphatic heterocycles. The number of halogens is 4. The number of ether oxygens (including phenoxy) is 2. The molecule has 1 rings (SSSR count). The van der Waals surface area contributed by atoms with E-state index in [1.807, 2.05) is 0 Å². The maximum absolute atomic E-state index is 13.8. The van der Waals surface area contributed by atoms with Gasteiger partial charge in [0, 0.05) is 0 Å². The molecule has 1 aromatic carbocycles. The average Bonchev–Trinajstić information content (AvgIpc) is 2.46. The minimum absolute atomic E-state index is 0.341. The van der Waals surface area contributed by atoms with Crippen LogP contribution >= 0.6 is 27.5 Å². The van der Waals surface area contributed by atoms with Gasteiger partial charge in [0.1, 0.15) is 11.5 Å². The van der Waals surface area contributed by atoms with E-state index in [9.17, 15) is 18.4 Å². The van der Waals surface area contributed by atoms with E-state index in [1.165, 1.54) is 0 Å². The molecule has 114 valence electrons. The Kier molecular flexibility index (Phi) is 6.10. The lowest BCUT2D eigenvalue weighted by Gasteiger charge is -2.12. The third kappa shape index (κ3) is 4.15. The zero-order valence-corrected chi connectivity index (χ0v) is 13.1. The summed E-state index contributed by atoms with van der Waals surface area (Å²) < 4.78 is 35.9. The lowest BCUT2D eigenvalue weighted by Crippen LogP contribution is -2.16. The first-order valence-corrected chi connectivity index (χ1v) is 6.46. The van der Waals surface area contributed by atoms with E-state index < -0.39 is 40.0 Å². The zero-order valence-electron chi connectivity index (χ0n) is 10.8. The highest BCUT2D eigenvalue weighted by Gasteiger charge is 2.20. The topological polar surface area (TPSA) is 64.6 Å². The van der Waals surface area contributed by atoms with Gasteiger partial charge in [-0.05, 0) is 22.0 Å². The van der Waals surface area contributed by atoms with Crippen molar-refractivity contribution in [2.45, 2.75) is 0 Å². The van der Waals surface area contributed by atoms with Crippen molar-refractivity contribution in [2.24, 2.45) is 0 Å². The van der Waals surface area contributed by atoms with E-state index >= 15 is 0 Å². The van der Waals surface area contributed by atoms with E-state index in [0.29, 0.717) is 0 Å². The smallest absolute Gasteiger partial charge is 0.354 e. The van der Waals surface area contributed by atoms with Gasteiger partial charge in [-0.2, -0.15) is 0 Å². The van der Waals surface area contributed by atoms with Crippen LogP contribution in [0.25, 0.3) is 0 Å². The van der Waals surface area contributed by atoms with E-state index in [0.717, 1.165) is 26.4 Å². The van der Waals surface area contributed by atoms with E-state index in [4.69, 9.17) is 11.6 Å². The zero-order chi connectivity index (χ0) is 16.2. The molecule has 9 heteroatoms. The summed E-state index contributed by atoms with van der Waals surface area (Å²) in [5.41, 5.74) is -0.858. The molecular formula is C12H9BrClF2NO4. The minimum Gasteiger partial charge on any atom is -0.466 e. The fraction of sp³-hybridized carbons (Fsp3) is 0.167. The van der Waals surface area contributed by atoms with Gasteiger partial charge in [0.05, 0.1) is 35.5 Å². The van der Waals surface area contributed by atoms with Crippen LogP contribution in [0.4, 0.5) is 14.5 Å². The van der Waals surface area contributed by atoms with Crippen molar-refractivity contribution in [3.63, 3.8) is 0 Å².